The lowest BCUT2D eigenvalue weighted by molar-refractivity contribution is -0.137. The van der Waals surface area contributed by atoms with Crippen LogP contribution in [0.4, 0.5) is 5.82 Å². The van der Waals surface area contributed by atoms with E-state index in [9.17, 15) is 4.79 Å². The predicted octanol–water partition coefficient (Wildman–Crippen LogP) is 4.88. The third kappa shape index (κ3) is 4.93. The lowest BCUT2D eigenvalue weighted by Gasteiger charge is -2.13. The van der Waals surface area contributed by atoms with E-state index in [1.165, 1.54) is 6.08 Å². The average molecular weight is 410 g/mol. The van der Waals surface area contributed by atoms with Crippen molar-refractivity contribution in [3.63, 3.8) is 0 Å². The number of benzene rings is 2. The highest BCUT2D eigenvalue weighted by Gasteiger charge is 2.13. The summed E-state index contributed by atoms with van der Waals surface area (Å²) in [7, 11) is 0. The van der Waals surface area contributed by atoms with Crippen molar-refractivity contribution < 1.29 is 9.53 Å². The Bertz CT molecular complexity index is 1210. The Labute approximate surface area is 180 Å². The number of nitrogens with one attached hydrogen (secondary N) is 1. The summed E-state index contributed by atoms with van der Waals surface area (Å²) in [5.74, 6) is 0.681. The van der Waals surface area contributed by atoms with Crippen molar-refractivity contribution in [1.82, 2.24) is 15.0 Å². The molecule has 0 bridgehead atoms. The van der Waals surface area contributed by atoms with Gasteiger partial charge in [0.2, 0.25) is 0 Å². The molecule has 0 radical (unpaired) electrons. The number of aromatic nitrogens is 3. The number of anilines is 1. The summed E-state index contributed by atoms with van der Waals surface area (Å²) < 4.78 is 4.96. The molecular weight excluding hydrogens is 388 g/mol. The van der Waals surface area contributed by atoms with Gasteiger partial charge in [-0.1, -0.05) is 48.5 Å². The number of nitrogens with zero attached hydrogens (tertiary/aromatic N) is 3. The van der Waals surface area contributed by atoms with Gasteiger partial charge >= 0.3 is 5.97 Å². The van der Waals surface area contributed by atoms with E-state index in [0.29, 0.717) is 24.8 Å². The third-order valence-corrected chi connectivity index (χ3v) is 4.64. The van der Waals surface area contributed by atoms with E-state index >= 15 is 0 Å². The normalized spacial score (nSPS) is 11.0. The van der Waals surface area contributed by atoms with E-state index in [4.69, 9.17) is 4.74 Å². The van der Waals surface area contributed by atoms with Crippen LogP contribution in [-0.4, -0.2) is 27.5 Å². The molecule has 4 rings (SSSR count). The number of carbonyl (C=O) groups is 1. The molecule has 0 aliphatic carbocycles. The molecule has 0 saturated heterocycles. The molecule has 31 heavy (non-hydrogen) atoms. The van der Waals surface area contributed by atoms with Crippen LogP contribution in [0, 0.1) is 0 Å². The Morgan fingerprint density at radius 3 is 2.61 bits per heavy atom. The number of pyridine rings is 1. The van der Waals surface area contributed by atoms with Gasteiger partial charge < -0.3 is 10.1 Å². The van der Waals surface area contributed by atoms with Crippen LogP contribution >= 0.6 is 0 Å². The van der Waals surface area contributed by atoms with Crippen molar-refractivity contribution in [3.05, 3.63) is 90.5 Å². The van der Waals surface area contributed by atoms with Crippen molar-refractivity contribution in [2.24, 2.45) is 0 Å². The smallest absolute Gasteiger partial charge is 0.330 e. The lowest BCUT2D eigenvalue weighted by atomic mass is 10.0. The minimum Gasteiger partial charge on any atom is -0.463 e. The fourth-order valence-electron chi connectivity index (χ4n) is 3.27. The largest absolute Gasteiger partial charge is 0.463 e. The molecule has 154 valence electrons. The monoisotopic (exact) mass is 410 g/mol. The van der Waals surface area contributed by atoms with Crippen molar-refractivity contribution in [2.45, 2.75) is 13.5 Å². The van der Waals surface area contributed by atoms with Crippen LogP contribution in [0.3, 0.4) is 0 Å². The number of hydrogen-bond acceptors (Lipinski definition) is 6. The quantitative estimate of drug-likeness (QED) is 0.346. The van der Waals surface area contributed by atoms with Crippen molar-refractivity contribution >= 4 is 28.8 Å². The second-order valence-corrected chi connectivity index (χ2v) is 6.76. The lowest BCUT2D eigenvalue weighted by Crippen LogP contribution is -2.06. The SMILES string of the molecule is CCOC(=O)/C=C/c1nc(NCc2ccccn2)c2c(-c3ccccc3)cccc2n1. The van der Waals surface area contributed by atoms with Gasteiger partial charge in [0.15, 0.2) is 5.82 Å². The maximum atomic E-state index is 11.7. The number of carbonyl (C=O) groups excluding carboxylic acids is 1. The van der Waals surface area contributed by atoms with Gasteiger partial charge in [-0.15, -0.1) is 0 Å². The molecule has 2 aromatic carbocycles. The van der Waals surface area contributed by atoms with Gasteiger partial charge in [-0.3, -0.25) is 4.98 Å². The molecule has 4 aromatic rings. The Morgan fingerprint density at radius 2 is 1.84 bits per heavy atom. The van der Waals surface area contributed by atoms with Crippen LogP contribution < -0.4 is 5.32 Å². The summed E-state index contributed by atoms with van der Waals surface area (Å²) in [5, 5.41) is 4.32. The molecule has 6 nitrogen and oxygen atoms in total. The van der Waals surface area contributed by atoms with E-state index in [-0.39, 0.29) is 0 Å². The van der Waals surface area contributed by atoms with Crippen molar-refractivity contribution in [3.8, 4) is 11.1 Å². The van der Waals surface area contributed by atoms with Gasteiger partial charge in [-0.2, -0.15) is 0 Å². The Hall–Kier alpha value is -4.06. The molecule has 0 unspecified atom stereocenters. The molecule has 6 heteroatoms. The van der Waals surface area contributed by atoms with Gasteiger partial charge in [0.05, 0.1) is 29.7 Å². The first-order valence-corrected chi connectivity index (χ1v) is 10.1. The average Bonchev–Trinajstić information content (AvgIpc) is 2.82. The minimum absolute atomic E-state index is 0.319. The molecule has 1 N–H and O–H groups in total. The standard InChI is InChI=1S/C25H22N4O2/c1-2-31-23(30)15-14-22-28-21-13-8-12-20(18-9-4-3-5-10-18)24(21)25(29-22)27-17-19-11-6-7-16-26-19/h3-16H,2,17H2,1H3,(H,27,28,29)/b15-14+. The maximum Gasteiger partial charge on any atom is 0.330 e. The number of ether oxygens (including phenoxy) is 1. The fraction of sp³-hybridized carbons (Fsp3) is 0.120. The molecule has 0 saturated carbocycles. The summed E-state index contributed by atoms with van der Waals surface area (Å²) in [5.41, 5.74) is 3.79. The molecule has 0 aliphatic rings. The summed E-state index contributed by atoms with van der Waals surface area (Å²) in [4.78, 5) is 25.4. The Balaban J connectivity index is 1.79. The van der Waals surface area contributed by atoms with E-state index in [2.05, 4.69) is 38.5 Å². The number of rotatable bonds is 7. The van der Waals surface area contributed by atoms with E-state index in [1.54, 1.807) is 19.2 Å². The zero-order valence-corrected chi connectivity index (χ0v) is 17.2. The second kappa shape index (κ2) is 9.63. The summed E-state index contributed by atoms with van der Waals surface area (Å²) in [6.07, 6.45) is 4.67. The number of fused-ring (bicyclic) bond motifs is 1. The minimum atomic E-state index is -0.424. The van der Waals surface area contributed by atoms with E-state index in [1.807, 2.05) is 48.5 Å². The number of esters is 1. The zero-order valence-electron chi connectivity index (χ0n) is 17.2. The molecular formula is C25H22N4O2. The van der Waals surface area contributed by atoms with Crippen LogP contribution in [-0.2, 0) is 16.1 Å². The first-order valence-electron chi connectivity index (χ1n) is 10.1. The predicted molar refractivity (Wildman–Crippen MR) is 122 cm³/mol. The molecule has 0 amide bonds. The highest BCUT2D eigenvalue weighted by molar-refractivity contribution is 6.02. The van der Waals surface area contributed by atoms with Gasteiger partial charge in [0.1, 0.15) is 5.82 Å². The van der Waals surface area contributed by atoms with Gasteiger partial charge in [0, 0.05) is 12.3 Å². The Morgan fingerprint density at radius 1 is 1.00 bits per heavy atom. The van der Waals surface area contributed by atoms with Gasteiger partial charge in [-0.25, -0.2) is 14.8 Å². The Kier molecular flexibility index (Phi) is 6.28. The van der Waals surface area contributed by atoms with Crippen LogP contribution in [0.15, 0.2) is 79.0 Å². The highest BCUT2D eigenvalue weighted by atomic mass is 16.5. The molecule has 0 fully saturated rings. The fourth-order valence-corrected chi connectivity index (χ4v) is 3.27. The summed E-state index contributed by atoms with van der Waals surface area (Å²) in [6.45, 7) is 2.60. The summed E-state index contributed by atoms with van der Waals surface area (Å²) in [6, 6.07) is 21.9. The van der Waals surface area contributed by atoms with Gasteiger partial charge in [0.25, 0.3) is 0 Å². The van der Waals surface area contributed by atoms with Crippen LogP contribution in [0.25, 0.3) is 28.1 Å². The topological polar surface area (TPSA) is 77.0 Å². The maximum absolute atomic E-state index is 11.7. The third-order valence-electron chi connectivity index (χ3n) is 4.64. The highest BCUT2D eigenvalue weighted by Crippen LogP contribution is 2.32. The molecule has 0 aliphatic heterocycles. The zero-order chi connectivity index (χ0) is 21.5. The van der Waals surface area contributed by atoms with Gasteiger partial charge in [-0.05, 0) is 42.3 Å². The molecule has 0 spiro atoms. The van der Waals surface area contributed by atoms with E-state index < -0.39 is 5.97 Å². The van der Waals surface area contributed by atoms with Crippen LogP contribution in [0.1, 0.15) is 18.4 Å². The summed E-state index contributed by atoms with van der Waals surface area (Å²) >= 11 is 0. The molecule has 2 aromatic heterocycles. The first-order chi connectivity index (χ1) is 15.2. The van der Waals surface area contributed by atoms with Crippen molar-refractivity contribution in [2.75, 3.05) is 11.9 Å². The van der Waals surface area contributed by atoms with Crippen LogP contribution in [0.2, 0.25) is 0 Å². The van der Waals surface area contributed by atoms with Crippen molar-refractivity contribution in [1.29, 1.82) is 0 Å². The molecule has 2 heterocycles. The second-order valence-electron chi connectivity index (χ2n) is 6.76. The first kappa shape index (κ1) is 20.2. The molecule has 0 atom stereocenters. The number of hydrogen-bond donors (Lipinski definition) is 1. The van der Waals surface area contributed by atoms with E-state index in [0.717, 1.165) is 27.7 Å². The van der Waals surface area contributed by atoms with Crippen LogP contribution in [0.5, 0.6) is 0 Å².